The second kappa shape index (κ2) is 19.0. The summed E-state index contributed by atoms with van der Waals surface area (Å²) >= 11 is 0. The van der Waals surface area contributed by atoms with Crippen LogP contribution in [0, 0.1) is 0 Å². The van der Waals surface area contributed by atoms with E-state index in [2.05, 4.69) is 21.3 Å². The Morgan fingerprint density at radius 3 is 1.14 bits per heavy atom. The molecule has 0 fully saturated rings. The molecule has 0 saturated carbocycles. The molecule has 0 heterocycles. The summed E-state index contributed by atoms with van der Waals surface area (Å²) in [5.74, 6) is -4.13. The number of nitrogens with one attached hydrogen (secondary N) is 6. The highest BCUT2D eigenvalue weighted by Crippen LogP contribution is 2.20. The molecule has 0 radical (unpaired) electrons. The number of amides is 6. The molecule has 0 aliphatic rings. The van der Waals surface area contributed by atoms with Gasteiger partial charge in [0, 0.05) is 37.1 Å². The zero-order valence-corrected chi connectivity index (χ0v) is 27.4. The summed E-state index contributed by atoms with van der Waals surface area (Å²) in [6.45, 7) is -0.671. The second-order valence-corrected chi connectivity index (χ2v) is 11.4. The van der Waals surface area contributed by atoms with Gasteiger partial charge in [-0.3, -0.25) is 39.2 Å². The van der Waals surface area contributed by atoms with Crippen LogP contribution in [0.3, 0.4) is 0 Å². The summed E-state index contributed by atoms with van der Waals surface area (Å²) in [6.07, 6.45) is -0.149. The van der Waals surface area contributed by atoms with E-state index < -0.39 is 47.5 Å². The molecule has 0 aliphatic heterocycles. The molecule has 6 amide bonds. The van der Waals surface area contributed by atoms with Gasteiger partial charge in [0.25, 0.3) is 23.6 Å². The Morgan fingerprint density at radius 2 is 0.804 bits per heavy atom. The van der Waals surface area contributed by atoms with Gasteiger partial charge in [-0.25, -0.2) is 11.0 Å². The van der Waals surface area contributed by atoms with Crippen molar-refractivity contribution in [3.63, 3.8) is 0 Å². The molecule has 14 heteroatoms. The number of hydroxylamine groups is 2. The molecule has 0 unspecified atom stereocenters. The summed E-state index contributed by atoms with van der Waals surface area (Å²) in [5, 5.41) is 28.2. The van der Waals surface area contributed by atoms with Gasteiger partial charge in [0.05, 0.1) is 0 Å². The van der Waals surface area contributed by atoms with Crippen LogP contribution in [0.25, 0.3) is 22.3 Å². The number of rotatable bonds is 16. The Hall–Kier alpha value is -6.38. The molecular weight excluding hydrogens is 656 g/mol. The van der Waals surface area contributed by atoms with Crippen molar-refractivity contribution in [2.24, 2.45) is 0 Å². The summed E-state index contributed by atoms with van der Waals surface area (Å²) in [4.78, 5) is 74.8. The number of hydrogen-bond acceptors (Lipinski definition) is 8. The van der Waals surface area contributed by atoms with Crippen LogP contribution in [-0.4, -0.2) is 71.0 Å². The van der Waals surface area contributed by atoms with Crippen LogP contribution in [0.2, 0.25) is 0 Å². The van der Waals surface area contributed by atoms with Crippen LogP contribution in [0.15, 0.2) is 109 Å². The second-order valence-electron chi connectivity index (χ2n) is 11.4. The molecule has 8 N–H and O–H groups in total. The zero-order valence-electron chi connectivity index (χ0n) is 27.4. The fourth-order valence-corrected chi connectivity index (χ4v) is 4.96. The average molecular weight is 695 g/mol. The van der Waals surface area contributed by atoms with Crippen LogP contribution in [0.4, 0.5) is 0 Å². The van der Waals surface area contributed by atoms with Crippen LogP contribution in [0.5, 0.6) is 0 Å². The van der Waals surface area contributed by atoms with Crippen LogP contribution in [-0.2, 0) is 19.2 Å². The minimum Gasteiger partial charge on any atom is -0.353 e. The summed E-state index contributed by atoms with van der Waals surface area (Å²) in [7, 11) is 0. The minimum atomic E-state index is -1.30. The maximum absolute atomic E-state index is 12.8. The van der Waals surface area contributed by atoms with Gasteiger partial charge in [0.15, 0.2) is 0 Å². The van der Waals surface area contributed by atoms with Gasteiger partial charge in [-0.2, -0.15) is 0 Å². The summed E-state index contributed by atoms with van der Waals surface area (Å²) in [6, 6.07) is 29.9. The van der Waals surface area contributed by atoms with Gasteiger partial charge in [0.2, 0.25) is 11.8 Å². The topological polar surface area (TPSA) is 215 Å². The molecule has 4 aromatic carbocycles. The van der Waals surface area contributed by atoms with E-state index in [4.69, 9.17) is 10.4 Å². The van der Waals surface area contributed by atoms with Crippen molar-refractivity contribution in [2.75, 3.05) is 13.1 Å². The monoisotopic (exact) mass is 694 g/mol. The summed E-state index contributed by atoms with van der Waals surface area (Å²) < 4.78 is 0. The Kier molecular flexibility index (Phi) is 13.9. The van der Waals surface area contributed by atoms with Crippen molar-refractivity contribution in [1.29, 1.82) is 0 Å². The third-order valence-electron chi connectivity index (χ3n) is 7.79. The highest BCUT2D eigenvalue weighted by Gasteiger charge is 2.23. The number of carbonyl (C=O) groups excluding carboxylic acids is 6. The zero-order chi connectivity index (χ0) is 36.6. The first kappa shape index (κ1) is 37.4. The van der Waals surface area contributed by atoms with E-state index in [9.17, 15) is 28.8 Å². The van der Waals surface area contributed by atoms with Crippen molar-refractivity contribution in [3.05, 3.63) is 120 Å². The van der Waals surface area contributed by atoms with E-state index in [-0.39, 0.29) is 43.5 Å². The van der Waals surface area contributed by atoms with E-state index in [0.29, 0.717) is 0 Å². The van der Waals surface area contributed by atoms with Crippen molar-refractivity contribution >= 4 is 35.4 Å². The summed E-state index contributed by atoms with van der Waals surface area (Å²) in [5.41, 5.74) is 7.17. The number of benzene rings is 4. The number of carbonyl (C=O) groups is 6. The van der Waals surface area contributed by atoms with E-state index in [0.717, 1.165) is 22.3 Å². The van der Waals surface area contributed by atoms with Crippen LogP contribution < -0.4 is 32.2 Å². The molecule has 0 bridgehead atoms. The minimum absolute atomic E-state index is 0.0889. The van der Waals surface area contributed by atoms with Gasteiger partial charge in [-0.1, -0.05) is 84.9 Å². The molecule has 264 valence electrons. The van der Waals surface area contributed by atoms with E-state index >= 15 is 0 Å². The van der Waals surface area contributed by atoms with Crippen LogP contribution >= 0.6 is 0 Å². The third kappa shape index (κ3) is 11.3. The molecule has 0 aliphatic carbocycles. The van der Waals surface area contributed by atoms with E-state index in [1.165, 1.54) is 11.0 Å². The Labute approximate surface area is 293 Å². The number of hydrogen-bond donors (Lipinski definition) is 8. The largest absolute Gasteiger partial charge is 0.353 e. The van der Waals surface area contributed by atoms with E-state index in [1.54, 1.807) is 48.5 Å². The normalized spacial score (nSPS) is 11.6. The van der Waals surface area contributed by atoms with Gasteiger partial charge in [0.1, 0.15) is 12.1 Å². The molecule has 0 saturated heterocycles. The standard InChI is InChI=1S/C37H38N6O8/c44-32(38-22-30(36(48)42-50)40-34(46)28-18-14-26(15-19-28)24-8-3-1-4-9-24)12-7-13-33(45)39-23-31(37(49)43-51)41-35(47)29-20-16-27(17-21-29)25-10-5-2-6-11-25/h1-6,8-11,14-21,30-31,50-51H,7,12-13,22-23H2,(H,38,44)(H,39,45)(H,40,46)(H,41,47)(H,42,48)(H,43,49)/t30-,31+. The van der Waals surface area contributed by atoms with Gasteiger partial charge < -0.3 is 21.3 Å². The van der Waals surface area contributed by atoms with Crippen molar-refractivity contribution in [3.8, 4) is 22.3 Å². The van der Waals surface area contributed by atoms with Gasteiger partial charge in [-0.05, 0) is 52.9 Å². The molecule has 0 aromatic heterocycles. The third-order valence-corrected chi connectivity index (χ3v) is 7.79. The first-order valence-electron chi connectivity index (χ1n) is 16.0. The SMILES string of the molecule is O=C(CCCC(=O)NC[C@@H](NC(=O)c1ccc(-c2ccccc2)cc1)C(=O)NO)NC[C@H](NC(=O)c1ccc(-c2ccccc2)cc1)C(=O)NO. The quantitative estimate of drug-likeness (QED) is 0.0642. The first-order valence-corrected chi connectivity index (χ1v) is 16.0. The molecule has 51 heavy (non-hydrogen) atoms. The lowest BCUT2D eigenvalue weighted by atomic mass is 10.0. The maximum Gasteiger partial charge on any atom is 0.267 e. The lowest BCUT2D eigenvalue weighted by Gasteiger charge is -2.18. The maximum atomic E-state index is 12.8. The Morgan fingerprint density at radius 1 is 0.471 bits per heavy atom. The predicted molar refractivity (Wildman–Crippen MR) is 186 cm³/mol. The highest BCUT2D eigenvalue weighted by atomic mass is 16.5. The Bertz CT molecular complexity index is 1670. The molecule has 4 aromatic rings. The Balaban J connectivity index is 1.19. The molecule has 14 nitrogen and oxygen atoms in total. The first-order chi connectivity index (χ1) is 24.7. The fourth-order valence-electron chi connectivity index (χ4n) is 4.96. The van der Waals surface area contributed by atoms with Crippen LogP contribution in [0.1, 0.15) is 40.0 Å². The molecule has 0 spiro atoms. The average Bonchev–Trinajstić information content (AvgIpc) is 3.18. The lowest BCUT2D eigenvalue weighted by Crippen LogP contribution is -2.52. The molecular formula is C37H38N6O8. The molecule has 4 rings (SSSR count). The fraction of sp³-hybridized carbons (Fsp3) is 0.189. The van der Waals surface area contributed by atoms with Gasteiger partial charge >= 0.3 is 0 Å². The predicted octanol–water partition coefficient (Wildman–Crippen LogP) is 2.33. The van der Waals surface area contributed by atoms with Crippen molar-refractivity contribution in [1.82, 2.24) is 32.2 Å². The van der Waals surface area contributed by atoms with Crippen molar-refractivity contribution < 1.29 is 39.2 Å². The van der Waals surface area contributed by atoms with Crippen molar-refractivity contribution in [2.45, 2.75) is 31.3 Å². The van der Waals surface area contributed by atoms with Gasteiger partial charge in [-0.15, -0.1) is 0 Å². The molecule has 2 atom stereocenters. The lowest BCUT2D eigenvalue weighted by molar-refractivity contribution is -0.132. The smallest absolute Gasteiger partial charge is 0.267 e. The highest BCUT2D eigenvalue weighted by molar-refractivity contribution is 5.99. The van der Waals surface area contributed by atoms with E-state index in [1.807, 2.05) is 60.7 Å².